The first-order chi connectivity index (χ1) is 9.22. The van der Waals surface area contributed by atoms with Crippen molar-refractivity contribution >= 4 is 11.5 Å². The van der Waals surface area contributed by atoms with Crippen LogP contribution < -0.4 is 0 Å². The van der Waals surface area contributed by atoms with Crippen molar-refractivity contribution in [3.8, 4) is 0 Å². The first kappa shape index (κ1) is 12.3. The summed E-state index contributed by atoms with van der Waals surface area (Å²) >= 11 is 0. The van der Waals surface area contributed by atoms with Gasteiger partial charge in [0.2, 0.25) is 0 Å². The third-order valence-electron chi connectivity index (χ3n) is 4.25. The third-order valence-corrected chi connectivity index (χ3v) is 4.25. The van der Waals surface area contributed by atoms with Gasteiger partial charge < -0.3 is 4.74 Å². The predicted molar refractivity (Wildman–Crippen MR) is 70.2 cm³/mol. The normalized spacial score (nSPS) is 26.6. The summed E-state index contributed by atoms with van der Waals surface area (Å²) in [5.74, 6) is -0.226. The minimum absolute atomic E-state index is 0.168. The molecule has 0 N–H and O–H groups in total. The zero-order valence-corrected chi connectivity index (χ0v) is 11.2. The number of esters is 1. The number of methoxy groups -OCH3 is 1. The molecular weight excluding hydrogens is 242 g/mol. The smallest absolute Gasteiger partial charge is 0.335 e. The molecule has 3 heterocycles. The van der Waals surface area contributed by atoms with Gasteiger partial charge >= 0.3 is 5.97 Å². The molecule has 100 valence electrons. The second-order valence-corrected chi connectivity index (χ2v) is 5.13. The summed E-state index contributed by atoms with van der Waals surface area (Å²) in [5.41, 5.74) is 2.78. The lowest BCUT2D eigenvalue weighted by Gasteiger charge is -2.34. The van der Waals surface area contributed by atoms with Gasteiger partial charge in [-0.1, -0.05) is 0 Å². The summed E-state index contributed by atoms with van der Waals surface area (Å²) in [6.07, 6.45) is 8.06. The number of ether oxygens (including phenoxy) is 1. The molecule has 1 aromatic heterocycles. The maximum absolute atomic E-state index is 12.1. The largest absolute Gasteiger partial charge is 0.466 e. The molecule has 0 unspecified atom stereocenters. The minimum atomic E-state index is -0.226. The van der Waals surface area contributed by atoms with Crippen molar-refractivity contribution in [1.29, 1.82) is 0 Å². The van der Waals surface area contributed by atoms with Gasteiger partial charge in [-0.3, -0.25) is 4.90 Å². The van der Waals surface area contributed by atoms with Crippen molar-refractivity contribution in [3.05, 3.63) is 29.9 Å². The maximum Gasteiger partial charge on any atom is 0.335 e. The Hall–Kier alpha value is -1.75. The molecule has 1 saturated heterocycles. The fourth-order valence-corrected chi connectivity index (χ4v) is 3.25. The Bertz CT molecular complexity index is 527. The van der Waals surface area contributed by atoms with E-state index in [1.54, 1.807) is 12.4 Å². The number of carbonyl (C=O) groups excluding carboxylic acids is 1. The highest BCUT2D eigenvalue weighted by molar-refractivity contribution is 5.99. The fraction of sp³-hybridized carbons (Fsp3) is 0.500. The molecule has 0 aromatic carbocycles. The highest BCUT2D eigenvalue weighted by atomic mass is 16.5. The van der Waals surface area contributed by atoms with E-state index in [-0.39, 0.29) is 12.0 Å². The molecule has 1 aromatic rings. The van der Waals surface area contributed by atoms with Crippen molar-refractivity contribution in [3.63, 3.8) is 0 Å². The molecule has 1 fully saturated rings. The van der Waals surface area contributed by atoms with Gasteiger partial charge in [-0.15, -0.1) is 0 Å². The van der Waals surface area contributed by atoms with Crippen LogP contribution in [-0.4, -0.2) is 47.1 Å². The van der Waals surface area contributed by atoms with Gasteiger partial charge in [-0.2, -0.15) is 0 Å². The van der Waals surface area contributed by atoms with Crippen molar-refractivity contribution in [2.24, 2.45) is 0 Å². The molecule has 3 rings (SSSR count). The average molecular weight is 259 g/mol. The molecule has 0 amide bonds. The zero-order valence-electron chi connectivity index (χ0n) is 11.2. The van der Waals surface area contributed by atoms with Crippen molar-refractivity contribution < 1.29 is 9.53 Å². The number of fused-ring (bicyclic) bond motifs is 2. The van der Waals surface area contributed by atoms with Gasteiger partial charge in [0.25, 0.3) is 0 Å². The topological polar surface area (TPSA) is 55.3 Å². The second kappa shape index (κ2) is 4.74. The van der Waals surface area contributed by atoms with Gasteiger partial charge in [0.1, 0.15) is 6.33 Å². The first-order valence-corrected chi connectivity index (χ1v) is 6.51. The standard InChI is InChI=1S/C14H17N3O2/c1-17-10-3-4-12(17)13(14(18)19-2)11(5-10)9-6-15-8-16-7-9/h6-8,10,12H,3-5H2,1-2H3/t10-,12+/m1/s1. The van der Waals surface area contributed by atoms with Crippen molar-refractivity contribution in [2.45, 2.75) is 31.3 Å². The van der Waals surface area contributed by atoms with Crippen LogP contribution in [0.25, 0.3) is 5.57 Å². The van der Waals surface area contributed by atoms with E-state index in [9.17, 15) is 4.79 Å². The molecule has 5 nitrogen and oxygen atoms in total. The van der Waals surface area contributed by atoms with E-state index in [4.69, 9.17) is 4.74 Å². The van der Waals surface area contributed by atoms with Crippen LogP contribution in [0.3, 0.4) is 0 Å². The number of hydrogen-bond acceptors (Lipinski definition) is 5. The van der Waals surface area contributed by atoms with Crippen LogP contribution in [0.1, 0.15) is 24.8 Å². The van der Waals surface area contributed by atoms with Gasteiger partial charge in [-0.05, 0) is 31.9 Å². The number of rotatable bonds is 2. The summed E-state index contributed by atoms with van der Waals surface area (Å²) in [7, 11) is 3.53. The van der Waals surface area contributed by atoms with E-state index in [1.165, 1.54) is 13.4 Å². The number of aromatic nitrogens is 2. The molecule has 19 heavy (non-hydrogen) atoms. The second-order valence-electron chi connectivity index (χ2n) is 5.13. The summed E-state index contributed by atoms with van der Waals surface area (Å²) < 4.78 is 4.98. The van der Waals surface area contributed by atoms with Gasteiger partial charge in [0.15, 0.2) is 0 Å². The Morgan fingerprint density at radius 1 is 1.37 bits per heavy atom. The van der Waals surface area contributed by atoms with Crippen LogP contribution in [0.15, 0.2) is 24.3 Å². The molecular formula is C14H17N3O2. The number of likely N-dealkylation sites (N-methyl/N-ethyl adjacent to an activating group) is 1. The number of hydrogen-bond donors (Lipinski definition) is 0. The highest BCUT2D eigenvalue weighted by Gasteiger charge is 2.42. The van der Waals surface area contributed by atoms with E-state index < -0.39 is 0 Å². The Kier molecular flexibility index (Phi) is 3.06. The molecule has 0 aliphatic carbocycles. The van der Waals surface area contributed by atoms with E-state index in [0.29, 0.717) is 6.04 Å². The maximum atomic E-state index is 12.1. The Morgan fingerprint density at radius 3 is 2.79 bits per heavy atom. The SMILES string of the molecule is COC(=O)C1=C(c2cncnc2)C[C@H]2CC[C@@H]1N2C. The monoisotopic (exact) mass is 259 g/mol. The lowest BCUT2D eigenvalue weighted by atomic mass is 9.90. The zero-order chi connectivity index (χ0) is 13.4. The molecule has 2 atom stereocenters. The quantitative estimate of drug-likeness (QED) is 0.749. The molecule has 0 radical (unpaired) electrons. The molecule has 5 heteroatoms. The van der Waals surface area contributed by atoms with Crippen LogP contribution in [0.2, 0.25) is 0 Å². The van der Waals surface area contributed by atoms with Crippen LogP contribution >= 0.6 is 0 Å². The van der Waals surface area contributed by atoms with Gasteiger partial charge in [0.05, 0.1) is 12.7 Å². The van der Waals surface area contributed by atoms with Crippen LogP contribution in [0.4, 0.5) is 0 Å². The van der Waals surface area contributed by atoms with E-state index in [2.05, 4.69) is 21.9 Å². The summed E-state index contributed by atoms with van der Waals surface area (Å²) in [4.78, 5) is 22.5. The highest BCUT2D eigenvalue weighted by Crippen LogP contribution is 2.42. The van der Waals surface area contributed by atoms with Gasteiger partial charge in [0, 0.05) is 30.0 Å². The fourth-order valence-electron chi connectivity index (χ4n) is 3.25. The van der Waals surface area contributed by atoms with E-state index in [0.717, 1.165) is 36.0 Å². The molecule has 2 aliphatic rings. The predicted octanol–water partition coefficient (Wildman–Crippen LogP) is 1.27. The summed E-state index contributed by atoms with van der Waals surface area (Å²) in [5, 5.41) is 0. The first-order valence-electron chi connectivity index (χ1n) is 6.51. The molecule has 2 bridgehead atoms. The Morgan fingerprint density at radius 2 is 2.11 bits per heavy atom. The minimum Gasteiger partial charge on any atom is -0.466 e. The number of carbonyl (C=O) groups is 1. The number of nitrogens with zero attached hydrogens (tertiary/aromatic N) is 3. The van der Waals surface area contributed by atoms with Crippen LogP contribution in [0, 0.1) is 0 Å². The van der Waals surface area contributed by atoms with Gasteiger partial charge in [-0.25, -0.2) is 14.8 Å². The molecule has 0 saturated carbocycles. The molecule has 2 aliphatic heterocycles. The van der Waals surface area contributed by atoms with Crippen LogP contribution in [0.5, 0.6) is 0 Å². The van der Waals surface area contributed by atoms with Crippen LogP contribution in [-0.2, 0) is 9.53 Å². The van der Waals surface area contributed by atoms with E-state index >= 15 is 0 Å². The summed E-state index contributed by atoms with van der Waals surface area (Å²) in [6, 6.07) is 0.676. The van der Waals surface area contributed by atoms with Crippen molar-refractivity contribution in [2.75, 3.05) is 14.2 Å². The van der Waals surface area contributed by atoms with Crippen molar-refractivity contribution in [1.82, 2.24) is 14.9 Å². The lowest BCUT2D eigenvalue weighted by Crippen LogP contribution is -2.40. The molecule has 0 spiro atoms. The van der Waals surface area contributed by atoms with E-state index in [1.807, 2.05) is 0 Å². The third kappa shape index (κ3) is 1.94. The summed E-state index contributed by atoms with van der Waals surface area (Å²) in [6.45, 7) is 0. The average Bonchev–Trinajstić information content (AvgIpc) is 2.70. The Labute approximate surface area is 112 Å². The Balaban J connectivity index is 2.11. The lowest BCUT2D eigenvalue weighted by molar-refractivity contribution is -0.136.